The Morgan fingerprint density at radius 2 is 1.74 bits per heavy atom. The van der Waals surface area contributed by atoms with Crippen LogP contribution in [-0.2, 0) is 4.79 Å². The fourth-order valence-corrected chi connectivity index (χ4v) is 1.83. The van der Waals surface area contributed by atoms with Crippen LogP contribution in [0.3, 0.4) is 0 Å². The van der Waals surface area contributed by atoms with Gasteiger partial charge in [0.15, 0.2) is 0 Å². The number of hydrogen-bond acceptors (Lipinski definition) is 3. The molecule has 0 radical (unpaired) electrons. The summed E-state index contributed by atoms with van der Waals surface area (Å²) < 4.78 is 0. The maximum absolute atomic E-state index is 10.6. The summed E-state index contributed by atoms with van der Waals surface area (Å²) in [6, 6.07) is -1.44. The van der Waals surface area contributed by atoms with Gasteiger partial charge in [-0.15, -0.1) is 0 Å². The van der Waals surface area contributed by atoms with E-state index in [0.29, 0.717) is 6.42 Å². The zero-order valence-corrected chi connectivity index (χ0v) is 11.7. The molecule has 1 N–H and O–H groups in total. The first-order valence-electron chi connectivity index (χ1n) is 7.10. The van der Waals surface area contributed by atoms with Gasteiger partial charge in [-0.2, -0.15) is 0 Å². The van der Waals surface area contributed by atoms with Crippen molar-refractivity contribution in [1.82, 2.24) is 0 Å². The Morgan fingerprint density at radius 1 is 1.16 bits per heavy atom. The van der Waals surface area contributed by atoms with Crippen LogP contribution in [0.15, 0.2) is 12.2 Å². The number of aliphatic carboxylic acids is 1. The molecule has 0 aromatic rings. The van der Waals surface area contributed by atoms with Gasteiger partial charge in [0, 0.05) is 11.3 Å². The van der Waals surface area contributed by atoms with Gasteiger partial charge >= 0.3 is 12.0 Å². The molecule has 0 saturated heterocycles. The maximum Gasteiger partial charge on any atom is 0.379 e. The molecule has 1 unspecified atom stereocenters. The standard InChI is InChI=1S/C14H25NO4/c1-2-3-4-5-6-7-8-9-10-11-12-13(14(16)17)15(18)19/h5-6,13H,2-4,7-12H2,1H3,(H,16,17). The molecule has 5 heteroatoms. The predicted octanol–water partition coefficient (Wildman–Crippen LogP) is 3.80. The van der Waals surface area contributed by atoms with Crippen LogP contribution >= 0.6 is 0 Å². The average Bonchev–Trinajstić information content (AvgIpc) is 2.35. The molecular formula is C14H25NO4. The first-order valence-corrected chi connectivity index (χ1v) is 7.10. The molecule has 110 valence electrons. The van der Waals surface area contributed by atoms with Crippen LogP contribution in [0.5, 0.6) is 0 Å². The van der Waals surface area contributed by atoms with Gasteiger partial charge in [-0.3, -0.25) is 10.1 Å². The van der Waals surface area contributed by atoms with E-state index in [2.05, 4.69) is 19.1 Å². The first kappa shape index (κ1) is 17.6. The minimum atomic E-state index is -1.44. The van der Waals surface area contributed by atoms with E-state index in [1.807, 2.05) is 0 Å². The number of carboxylic acid groups (broad SMARTS) is 1. The number of unbranched alkanes of at least 4 members (excludes halogenated alkanes) is 6. The van der Waals surface area contributed by atoms with E-state index in [4.69, 9.17) is 5.11 Å². The molecule has 0 aliphatic rings. The Hall–Kier alpha value is -1.39. The highest BCUT2D eigenvalue weighted by Crippen LogP contribution is 2.10. The monoisotopic (exact) mass is 271 g/mol. The predicted molar refractivity (Wildman–Crippen MR) is 74.8 cm³/mol. The second kappa shape index (κ2) is 11.7. The van der Waals surface area contributed by atoms with E-state index in [1.54, 1.807) is 0 Å². The third-order valence-corrected chi connectivity index (χ3v) is 3.03. The summed E-state index contributed by atoms with van der Waals surface area (Å²) >= 11 is 0. The number of hydrogen-bond donors (Lipinski definition) is 1. The first-order chi connectivity index (χ1) is 9.09. The van der Waals surface area contributed by atoms with Gasteiger partial charge in [0.2, 0.25) is 0 Å². The zero-order chi connectivity index (χ0) is 14.5. The second-order valence-electron chi connectivity index (χ2n) is 4.74. The molecule has 5 nitrogen and oxygen atoms in total. The number of carbonyl (C=O) groups is 1. The van der Waals surface area contributed by atoms with Gasteiger partial charge in [0.05, 0.1) is 0 Å². The third kappa shape index (κ3) is 10.2. The Balaban J connectivity index is 3.47. The van der Waals surface area contributed by atoms with Gasteiger partial charge < -0.3 is 5.11 Å². The molecule has 0 saturated carbocycles. The highest BCUT2D eigenvalue weighted by atomic mass is 16.6. The van der Waals surface area contributed by atoms with Crippen LogP contribution in [-0.4, -0.2) is 22.0 Å². The van der Waals surface area contributed by atoms with E-state index < -0.39 is 16.9 Å². The Morgan fingerprint density at radius 3 is 2.26 bits per heavy atom. The molecule has 0 heterocycles. The number of allylic oxidation sites excluding steroid dienone is 2. The molecule has 0 fully saturated rings. The number of rotatable bonds is 12. The minimum Gasteiger partial charge on any atom is -0.476 e. The third-order valence-electron chi connectivity index (χ3n) is 3.03. The van der Waals surface area contributed by atoms with Crippen LogP contribution < -0.4 is 0 Å². The van der Waals surface area contributed by atoms with Crippen LogP contribution in [0.1, 0.15) is 64.7 Å². The van der Waals surface area contributed by atoms with E-state index in [9.17, 15) is 14.9 Å². The summed E-state index contributed by atoms with van der Waals surface area (Å²) in [6.07, 6.45) is 12.7. The van der Waals surface area contributed by atoms with Gasteiger partial charge in [-0.25, -0.2) is 4.79 Å². The summed E-state index contributed by atoms with van der Waals surface area (Å²) in [5.74, 6) is -1.33. The lowest BCUT2D eigenvalue weighted by atomic mass is 10.1. The van der Waals surface area contributed by atoms with Crippen molar-refractivity contribution in [2.75, 3.05) is 0 Å². The average molecular weight is 271 g/mol. The molecular weight excluding hydrogens is 246 g/mol. The van der Waals surface area contributed by atoms with Crippen molar-refractivity contribution < 1.29 is 14.8 Å². The Labute approximate surface area is 114 Å². The normalized spacial score (nSPS) is 12.7. The summed E-state index contributed by atoms with van der Waals surface area (Å²) in [6.45, 7) is 2.17. The molecule has 19 heavy (non-hydrogen) atoms. The van der Waals surface area contributed by atoms with E-state index in [1.165, 1.54) is 12.8 Å². The Kier molecular flexibility index (Phi) is 10.8. The number of nitrogens with zero attached hydrogens (tertiary/aromatic N) is 1. The number of carboxylic acids is 1. The van der Waals surface area contributed by atoms with Crippen molar-refractivity contribution >= 4 is 5.97 Å². The summed E-state index contributed by atoms with van der Waals surface area (Å²) in [4.78, 5) is 20.3. The van der Waals surface area contributed by atoms with Crippen molar-refractivity contribution in [1.29, 1.82) is 0 Å². The highest BCUT2D eigenvalue weighted by molar-refractivity contribution is 5.71. The van der Waals surface area contributed by atoms with Gasteiger partial charge in [0.1, 0.15) is 0 Å². The molecule has 1 atom stereocenters. The lowest BCUT2D eigenvalue weighted by molar-refractivity contribution is -0.511. The largest absolute Gasteiger partial charge is 0.476 e. The second-order valence-corrected chi connectivity index (χ2v) is 4.74. The molecule has 0 spiro atoms. The molecule has 0 rings (SSSR count). The molecule has 0 aromatic heterocycles. The van der Waals surface area contributed by atoms with Gasteiger partial charge in [0.25, 0.3) is 0 Å². The quantitative estimate of drug-likeness (QED) is 0.253. The topological polar surface area (TPSA) is 80.4 Å². The van der Waals surface area contributed by atoms with Crippen molar-refractivity contribution in [2.45, 2.75) is 70.8 Å². The van der Waals surface area contributed by atoms with Crippen LogP contribution in [0.4, 0.5) is 0 Å². The number of nitro groups is 1. The van der Waals surface area contributed by atoms with Crippen LogP contribution in [0.25, 0.3) is 0 Å². The fraction of sp³-hybridized carbons (Fsp3) is 0.786. The van der Waals surface area contributed by atoms with Gasteiger partial charge in [-0.05, 0) is 25.7 Å². The molecule has 0 aromatic carbocycles. The SMILES string of the molecule is CCCCC=CCCCCCCC(C(=O)O)[N+](=O)[O-]. The Bertz CT molecular complexity index is 275. The maximum atomic E-state index is 10.6. The van der Waals surface area contributed by atoms with Crippen molar-refractivity contribution in [3.63, 3.8) is 0 Å². The van der Waals surface area contributed by atoms with Crippen molar-refractivity contribution in [2.24, 2.45) is 0 Å². The minimum absolute atomic E-state index is 0.134. The molecule has 0 amide bonds. The highest BCUT2D eigenvalue weighted by Gasteiger charge is 2.27. The summed E-state index contributed by atoms with van der Waals surface area (Å²) in [7, 11) is 0. The van der Waals surface area contributed by atoms with Crippen molar-refractivity contribution in [3.8, 4) is 0 Å². The molecule has 0 aliphatic carbocycles. The van der Waals surface area contributed by atoms with Crippen molar-refractivity contribution in [3.05, 3.63) is 22.3 Å². The zero-order valence-electron chi connectivity index (χ0n) is 11.7. The fourth-order valence-electron chi connectivity index (χ4n) is 1.83. The lowest BCUT2D eigenvalue weighted by Crippen LogP contribution is -2.28. The lowest BCUT2D eigenvalue weighted by Gasteiger charge is -2.04. The summed E-state index contributed by atoms with van der Waals surface area (Å²) in [5, 5.41) is 19.1. The van der Waals surface area contributed by atoms with Gasteiger partial charge in [-0.1, -0.05) is 44.8 Å². The molecule has 0 bridgehead atoms. The molecule has 0 aliphatic heterocycles. The van der Waals surface area contributed by atoms with Crippen LogP contribution in [0, 0.1) is 10.1 Å². The van der Waals surface area contributed by atoms with E-state index in [0.717, 1.165) is 32.1 Å². The smallest absolute Gasteiger partial charge is 0.379 e. The summed E-state index contributed by atoms with van der Waals surface area (Å²) in [5.41, 5.74) is 0. The van der Waals surface area contributed by atoms with Crippen LogP contribution in [0.2, 0.25) is 0 Å². The van der Waals surface area contributed by atoms with E-state index >= 15 is 0 Å². The van der Waals surface area contributed by atoms with E-state index in [-0.39, 0.29) is 6.42 Å².